The highest BCUT2D eigenvalue weighted by Gasteiger charge is 1.97. The summed E-state index contributed by atoms with van der Waals surface area (Å²) >= 11 is 0. The fraction of sp³-hybridized carbons (Fsp3) is 0.333. The summed E-state index contributed by atoms with van der Waals surface area (Å²) in [7, 11) is 1.52. The van der Waals surface area contributed by atoms with E-state index in [0.29, 0.717) is 5.75 Å². The molecule has 0 saturated heterocycles. The molecule has 0 aromatic heterocycles. The number of hydrogen-bond donors (Lipinski definition) is 0. The summed E-state index contributed by atoms with van der Waals surface area (Å²) in [5.41, 5.74) is 0.834. The first kappa shape index (κ1) is 9.00. The van der Waals surface area contributed by atoms with Crippen molar-refractivity contribution in [3.63, 3.8) is 0 Å². The van der Waals surface area contributed by atoms with Gasteiger partial charge in [-0.15, -0.1) is 0 Å². The van der Waals surface area contributed by atoms with Gasteiger partial charge in [0.15, 0.2) is 6.79 Å². The molecule has 0 aliphatic rings. The van der Waals surface area contributed by atoms with Crippen molar-refractivity contribution in [3.8, 4) is 5.75 Å². The predicted octanol–water partition coefficient (Wildman–Crippen LogP) is 2.12. The molecule has 0 amide bonds. The SMILES string of the molecule is COCOc1cc(C)cc(F)c1. The maximum Gasteiger partial charge on any atom is 0.188 e. The first-order chi connectivity index (χ1) is 5.72. The lowest BCUT2D eigenvalue weighted by molar-refractivity contribution is 0.0509. The van der Waals surface area contributed by atoms with E-state index in [1.54, 1.807) is 6.07 Å². The fourth-order valence-corrected chi connectivity index (χ4v) is 0.913. The van der Waals surface area contributed by atoms with Crippen LogP contribution >= 0.6 is 0 Å². The molecular formula is C9H11FO2. The van der Waals surface area contributed by atoms with E-state index < -0.39 is 0 Å². The molecule has 0 saturated carbocycles. The van der Waals surface area contributed by atoms with Gasteiger partial charge in [0.05, 0.1) is 0 Å². The van der Waals surface area contributed by atoms with Gasteiger partial charge < -0.3 is 9.47 Å². The van der Waals surface area contributed by atoms with Crippen molar-refractivity contribution in [2.24, 2.45) is 0 Å². The molecule has 2 nitrogen and oxygen atoms in total. The molecule has 1 aromatic carbocycles. The summed E-state index contributed by atoms with van der Waals surface area (Å²) in [6.45, 7) is 1.95. The minimum absolute atomic E-state index is 0.142. The lowest BCUT2D eigenvalue weighted by Gasteiger charge is -2.04. The Labute approximate surface area is 70.9 Å². The highest BCUT2D eigenvalue weighted by molar-refractivity contribution is 5.28. The Hall–Kier alpha value is -1.09. The van der Waals surface area contributed by atoms with E-state index in [1.807, 2.05) is 6.92 Å². The largest absolute Gasteiger partial charge is 0.467 e. The van der Waals surface area contributed by atoms with Crippen LogP contribution in [0.2, 0.25) is 0 Å². The summed E-state index contributed by atoms with van der Waals surface area (Å²) in [5, 5.41) is 0. The summed E-state index contributed by atoms with van der Waals surface area (Å²) in [4.78, 5) is 0. The number of methoxy groups -OCH3 is 1. The molecule has 0 spiro atoms. The summed E-state index contributed by atoms with van der Waals surface area (Å²) < 4.78 is 22.5. The Morgan fingerprint density at radius 3 is 2.67 bits per heavy atom. The summed E-state index contributed by atoms with van der Waals surface area (Å²) in [6.07, 6.45) is 0. The van der Waals surface area contributed by atoms with E-state index in [4.69, 9.17) is 4.74 Å². The Balaban J connectivity index is 2.72. The number of benzene rings is 1. The van der Waals surface area contributed by atoms with E-state index in [2.05, 4.69) is 4.74 Å². The normalized spacial score (nSPS) is 9.92. The second kappa shape index (κ2) is 4.07. The molecule has 0 N–H and O–H groups in total. The van der Waals surface area contributed by atoms with Gasteiger partial charge in [0, 0.05) is 13.2 Å². The third-order valence-electron chi connectivity index (χ3n) is 1.36. The van der Waals surface area contributed by atoms with Gasteiger partial charge in [-0.05, 0) is 24.6 Å². The van der Waals surface area contributed by atoms with Crippen LogP contribution in [-0.4, -0.2) is 13.9 Å². The lowest BCUT2D eigenvalue weighted by atomic mass is 10.2. The maximum atomic E-state index is 12.7. The van der Waals surface area contributed by atoms with Crippen LogP contribution in [0.1, 0.15) is 5.56 Å². The van der Waals surface area contributed by atoms with E-state index in [9.17, 15) is 4.39 Å². The third-order valence-corrected chi connectivity index (χ3v) is 1.36. The minimum atomic E-state index is -0.291. The van der Waals surface area contributed by atoms with Crippen LogP contribution in [0.3, 0.4) is 0 Å². The van der Waals surface area contributed by atoms with Gasteiger partial charge in [0.25, 0.3) is 0 Å². The van der Waals surface area contributed by atoms with Crippen molar-refractivity contribution in [1.82, 2.24) is 0 Å². The monoisotopic (exact) mass is 170 g/mol. The maximum absolute atomic E-state index is 12.7. The van der Waals surface area contributed by atoms with Gasteiger partial charge in [0.2, 0.25) is 0 Å². The van der Waals surface area contributed by atoms with Gasteiger partial charge in [-0.1, -0.05) is 0 Å². The van der Waals surface area contributed by atoms with Crippen molar-refractivity contribution in [3.05, 3.63) is 29.6 Å². The van der Waals surface area contributed by atoms with Gasteiger partial charge in [0.1, 0.15) is 11.6 Å². The smallest absolute Gasteiger partial charge is 0.188 e. The molecule has 1 rings (SSSR count). The molecule has 0 aliphatic carbocycles. The molecular weight excluding hydrogens is 159 g/mol. The highest BCUT2D eigenvalue weighted by atomic mass is 19.1. The number of ether oxygens (including phenoxy) is 2. The molecule has 12 heavy (non-hydrogen) atoms. The lowest BCUT2D eigenvalue weighted by Crippen LogP contribution is -1.99. The minimum Gasteiger partial charge on any atom is -0.467 e. The van der Waals surface area contributed by atoms with Crippen LogP contribution in [0.4, 0.5) is 4.39 Å². The van der Waals surface area contributed by atoms with E-state index >= 15 is 0 Å². The Morgan fingerprint density at radius 1 is 1.33 bits per heavy atom. The van der Waals surface area contributed by atoms with Crippen molar-refractivity contribution < 1.29 is 13.9 Å². The average Bonchev–Trinajstić information content (AvgIpc) is 1.99. The molecule has 0 radical (unpaired) electrons. The van der Waals surface area contributed by atoms with E-state index in [1.165, 1.54) is 19.2 Å². The van der Waals surface area contributed by atoms with Crippen LogP contribution in [0.25, 0.3) is 0 Å². The Morgan fingerprint density at radius 2 is 2.08 bits per heavy atom. The van der Waals surface area contributed by atoms with Crippen molar-refractivity contribution in [1.29, 1.82) is 0 Å². The molecule has 1 aromatic rings. The predicted molar refractivity (Wildman–Crippen MR) is 43.6 cm³/mol. The van der Waals surface area contributed by atoms with Crippen LogP contribution in [0.15, 0.2) is 18.2 Å². The quantitative estimate of drug-likeness (QED) is 0.647. The van der Waals surface area contributed by atoms with Crippen LogP contribution in [-0.2, 0) is 4.74 Å². The fourth-order valence-electron chi connectivity index (χ4n) is 0.913. The number of hydrogen-bond acceptors (Lipinski definition) is 2. The highest BCUT2D eigenvalue weighted by Crippen LogP contribution is 2.15. The zero-order valence-electron chi connectivity index (χ0n) is 7.13. The van der Waals surface area contributed by atoms with Crippen LogP contribution < -0.4 is 4.74 Å². The van der Waals surface area contributed by atoms with E-state index in [-0.39, 0.29) is 12.6 Å². The molecule has 0 unspecified atom stereocenters. The number of rotatable bonds is 3. The molecule has 0 fully saturated rings. The zero-order chi connectivity index (χ0) is 8.97. The van der Waals surface area contributed by atoms with Gasteiger partial charge in [-0.2, -0.15) is 0 Å². The molecule has 3 heteroatoms. The third kappa shape index (κ3) is 2.51. The van der Waals surface area contributed by atoms with Crippen LogP contribution in [0.5, 0.6) is 5.75 Å². The molecule has 0 heterocycles. The first-order valence-electron chi connectivity index (χ1n) is 3.61. The van der Waals surface area contributed by atoms with Gasteiger partial charge in [-0.3, -0.25) is 0 Å². The van der Waals surface area contributed by atoms with Gasteiger partial charge >= 0.3 is 0 Å². The van der Waals surface area contributed by atoms with Crippen molar-refractivity contribution in [2.45, 2.75) is 6.92 Å². The number of aryl methyl sites for hydroxylation is 1. The number of halogens is 1. The summed E-state index contributed by atoms with van der Waals surface area (Å²) in [5.74, 6) is 0.204. The van der Waals surface area contributed by atoms with Gasteiger partial charge in [-0.25, -0.2) is 4.39 Å². The first-order valence-corrected chi connectivity index (χ1v) is 3.61. The molecule has 66 valence electrons. The molecule has 0 aliphatic heterocycles. The van der Waals surface area contributed by atoms with Crippen LogP contribution in [0, 0.1) is 12.7 Å². The standard InChI is InChI=1S/C9H11FO2/c1-7-3-8(10)5-9(4-7)12-6-11-2/h3-5H,6H2,1-2H3. The second-order valence-electron chi connectivity index (χ2n) is 2.52. The van der Waals surface area contributed by atoms with Crippen molar-refractivity contribution in [2.75, 3.05) is 13.9 Å². The molecule has 0 atom stereocenters. The topological polar surface area (TPSA) is 18.5 Å². The Bertz CT molecular complexity index is 240. The summed E-state index contributed by atoms with van der Waals surface area (Å²) in [6, 6.07) is 4.52. The zero-order valence-corrected chi connectivity index (χ0v) is 7.13. The van der Waals surface area contributed by atoms with E-state index in [0.717, 1.165) is 5.56 Å². The van der Waals surface area contributed by atoms with Crippen molar-refractivity contribution >= 4 is 0 Å². The molecule has 0 bridgehead atoms. The second-order valence-corrected chi connectivity index (χ2v) is 2.52. The average molecular weight is 170 g/mol. The Kier molecular flexibility index (Phi) is 3.05.